The Labute approximate surface area is 151 Å². The molecule has 0 N–H and O–H groups in total. The molecule has 2 atom stereocenters. The number of benzene rings is 2. The molecule has 0 bridgehead atoms. The molecule has 2 heterocycles. The van der Waals surface area contributed by atoms with E-state index in [0.29, 0.717) is 10.5 Å². The highest BCUT2D eigenvalue weighted by Gasteiger charge is 2.33. The van der Waals surface area contributed by atoms with E-state index in [0.717, 1.165) is 3.14 Å². The Morgan fingerprint density at radius 1 is 0.636 bits per heavy atom. The van der Waals surface area contributed by atoms with Crippen LogP contribution in [-0.2, 0) is 0 Å². The fourth-order valence-corrected chi connectivity index (χ4v) is 9.51. The van der Waals surface area contributed by atoms with E-state index < -0.39 is 0 Å². The Bertz CT molecular complexity index is 751. The molecule has 4 rings (SSSR count). The topological polar surface area (TPSA) is 0 Å². The lowest BCUT2D eigenvalue weighted by atomic mass is 10.0. The van der Waals surface area contributed by atoms with Gasteiger partial charge in [-0.2, -0.15) is 0 Å². The molecular formula is C17H12S5. The lowest BCUT2D eigenvalue weighted by Crippen LogP contribution is -2.08. The first-order valence-corrected chi connectivity index (χ1v) is 10.7. The van der Waals surface area contributed by atoms with Crippen molar-refractivity contribution in [3.8, 4) is 0 Å². The molecule has 0 saturated heterocycles. The zero-order chi connectivity index (χ0) is 14.9. The standard InChI is InChI=1S/C17H12S5/c18-17-21-15-16(22-17)20-14(12-9-5-2-6-10-12)13(19-15)11-7-3-1-4-8-11/h1-10,13-14H/t13-,14-/m0/s1. The molecule has 0 unspecified atom stereocenters. The molecule has 0 amide bonds. The van der Waals surface area contributed by atoms with Gasteiger partial charge in [0.15, 0.2) is 0 Å². The highest BCUT2D eigenvalue weighted by molar-refractivity contribution is 8.08. The molecule has 0 radical (unpaired) electrons. The molecule has 1 aromatic heterocycles. The van der Waals surface area contributed by atoms with Gasteiger partial charge in [0.25, 0.3) is 0 Å². The van der Waals surface area contributed by atoms with Crippen LogP contribution in [0.5, 0.6) is 0 Å². The molecule has 1 aliphatic rings. The average Bonchev–Trinajstić information content (AvgIpc) is 2.94. The molecule has 110 valence electrons. The van der Waals surface area contributed by atoms with Crippen LogP contribution in [0.25, 0.3) is 0 Å². The van der Waals surface area contributed by atoms with Gasteiger partial charge < -0.3 is 0 Å². The molecule has 1 aliphatic heterocycles. The molecule has 5 heteroatoms. The Morgan fingerprint density at radius 3 is 1.45 bits per heavy atom. The molecule has 0 fully saturated rings. The number of thioether (sulfide) groups is 2. The van der Waals surface area contributed by atoms with Crippen molar-refractivity contribution in [2.75, 3.05) is 0 Å². The summed E-state index contributed by atoms with van der Waals surface area (Å²) in [7, 11) is 0. The van der Waals surface area contributed by atoms with Gasteiger partial charge in [0, 0.05) is 0 Å². The van der Waals surface area contributed by atoms with Gasteiger partial charge >= 0.3 is 0 Å². The second-order valence-electron chi connectivity index (χ2n) is 4.93. The summed E-state index contributed by atoms with van der Waals surface area (Å²) in [6.45, 7) is 0. The van der Waals surface area contributed by atoms with Crippen LogP contribution in [0.1, 0.15) is 21.6 Å². The fourth-order valence-electron chi connectivity index (χ4n) is 2.53. The van der Waals surface area contributed by atoms with Crippen molar-refractivity contribution in [3.63, 3.8) is 0 Å². The van der Waals surface area contributed by atoms with Crippen LogP contribution in [0.3, 0.4) is 0 Å². The molecule has 2 aromatic carbocycles. The summed E-state index contributed by atoms with van der Waals surface area (Å²) in [5.74, 6) is 0. The van der Waals surface area contributed by atoms with Crippen molar-refractivity contribution < 1.29 is 0 Å². The largest absolute Gasteiger partial charge is 0.145 e. The minimum absolute atomic E-state index is 0.432. The van der Waals surface area contributed by atoms with Crippen molar-refractivity contribution in [3.05, 3.63) is 74.9 Å². The molecule has 0 aliphatic carbocycles. The summed E-state index contributed by atoms with van der Waals surface area (Å²) in [5, 5.41) is 0.864. The van der Waals surface area contributed by atoms with E-state index in [1.807, 2.05) is 23.5 Å². The number of hydrogen-bond acceptors (Lipinski definition) is 5. The first-order chi connectivity index (χ1) is 10.8. The van der Waals surface area contributed by atoms with E-state index in [-0.39, 0.29) is 0 Å². The Hall–Kier alpha value is -0.590. The summed E-state index contributed by atoms with van der Waals surface area (Å²) in [6.07, 6.45) is 0. The maximum Gasteiger partial charge on any atom is 0.145 e. The van der Waals surface area contributed by atoms with Gasteiger partial charge in [-0.1, -0.05) is 72.9 Å². The predicted molar refractivity (Wildman–Crippen MR) is 103 cm³/mol. The third kappa shape index (κ3) is 2.93. The minimum Gasteiger partial charge on any atom is -0.105 e. The van der Waals surface area contributed by atoms with Crippen LogP contribution in [0.4, 0.5) is 0 Å². The van der Waals surface area contributed by atoms with E-state index in [1.165, 1.54) is 19.5 Å². The summed E-state index contributed by atoms with van der Waals surface area (Å²) >= 11 is 12.9. The summed E-state index contributed by atoms with van der Waals surface area (Å²) in [6, 6.07) is 21.7. The van der Waals surface area contributed by atoms with Gasteiger partial charge in [0.05, 0.1) is 18.9 Å². The highest BCUT2D eigenvalue weighted by Crippen LogP contribution is 2.61. The van der Waals surface area contributed by atoms with Gasteiger partial charge in [-0.05, 0) is 11.1 Å². The maximum absolute atomic E-state index is 5.40. The lowest BCUT2D eigenvalue weighted by molar-refractivity contribution is 0.897. The first-order valence-electron chi connectivity index (χ1n) is 6.88. The van der Waals surface area contributed by atoms with E-state index in [4.69, 9.17) is 12.2 Å². The van der Waals surface area contributed by atoms with E-state index in [9.17, 15) is 0 Å². The Morgan fingerprint density at radius 2 is 1.05 bits per heavy atom. The van der Waals surface area contributed by atoms with Crippen molar-refractivity contribution in [2.45, 2.75) is 18.9 Å². The van der Waals surface area contributed by atoms with E-state index >= 15 is 0 Å². The van der Waals surface area contributed by atoms with Gasteiger partial charge in [-0.3, -0.25) is 0 Å². The van der Waals surface area contributed by atoms with Gasteiger partial charge in [0.2, 0.25) is 0 Å². The van der Waals surface area contributed by atoms with Crippen LogP contribution < -0.4 is 0 Å². The number of rotatable bonds is 2. The predicted octanol–water partition coefficient (Wildman–Crippen LogP) is 7.22. The van der Waals surface area contributed by atoms with Crippen LogP contribution in [0.2, 0.25) is 0 Å². The molecule has 0 saturated carbocycles. The second-order valence-corrected chi connectivity index (χ2v) is 11.0. The van der Waals surface area contributed by atoms with Gasteiger partial charge in [-0.25, -0.2) is 0 Å². The third-order valence-electron chi connectivity index (χ3n) is 3.52. The molecular weight excluding hydrogens is 365 g/mol. The molecule has 3 aromatic rings. The van der Waals surface area contributed by atoms with Gasteiger partial charge in [0.1, 0.15) is 3.14 Å². The van der Waals surface area contributed by atoms with Crippen molar-refractivity contribution in [1.82, 2.24) is 0 Å². The van der Waals surface area contributed by atoms with E-state index in [1.54, 1.807) is 22.7 Å². The molecule has 0 nitrogen and oxygen atoms in total. The smallest absolute Gasteiger partial charge is 0.105 e. The van der Waals surface area contributed by atoms with Crippen molar-refractivity contribution in [2.24, 2.45) is 0 Å². The maximum atomic E-state index is 5.40. The summed E-state index contributed by atoms with van der Waals surface area (Å²) in [5.41, 5.74) is 2.78. The zero-order valence-electron chi connectivity index (χ0n) is 11.5. The van der Waals surface area contributed by atoms with Crippen molar-refractivity contribution in [1.29, 1.82) is 0 Å². The average molecular weight is 377 g/mol. The highest BCUT2D eigenvalue weighted by atomic mass is 32.2. The van der Waals surface area contributed by atoms with Crippen LogP contribution in [0.15, 0.2) is 69.1 Å². The molecule has 0 spiro atoms. The summed E-state index contributed by atoms with van der Waals surface area (Å²) in [4.78, 5) is 0. The van der Waals surface area contributed by atoms with Crippen LogP contribution in [0, 0.1) is 3.14 Å². The van der Waals surface area contributed by atoms with Gasteiger partial charge in [-0.15, -0.1) is 46.2 Å². The summed E-state index contributed by atoms with van der Waals surface area (Å²) < 4.78 is 3.81. The normalized spacial score (nSPS) is 20.5. The van der Waals surface area contributed by atoms with Crippen LogP contribution in [-0.4, -0.2) is 0 Å². The zero-order valence-corrected chi connectivity index (χ0v) is 15.6. The number of fused-ring (bicyclic) bond motifs is 1. The second kappa shape index (κ2) is 6.49. The SMILES string of the molecule is S=c1sc2c(s1)S[C@@H](c1ccccc1)[C@H](c1ccccc1)S2. The number of hydrogen-bond donors (Lipinski definition) is 0. The lowest BCUT2D eigenvalue weighted by Gasteiger charge is -2.30. The minimum atomic E-state index is 0.432. The van der Waals surface area contributed by atoms with E-state index in [2.05, 4.69) is 60.7 Å². The molecule has 22 heavy (non-hydrogen) atoms. The third-order valence-corrected chi connectivity index (χ3v) is 9.83. The Kier molecular flexibility index (Phi) is 4.42. The monoisotopic (exact) mass is 376 g/mol. The first kappa shape index (κ1) is 15.0. The van der Waals surface area contributed by atoms with Crippen LogP contribution >= 0.6 is 58.4 Å². The fraction of sp³-hybridized carbons (Fsp3) is 0.118. The van der Waals surface area contributed by atoms with Crippen molar-refractivity contribution >= 4 is 58.4 Å². The quantitative estimate of drug-likeness (QED) is 0.433. The Balaban J connectivity index is 1.80.